The maximum atomic E-state index is 13.4. The Hall–Kier alpha value is -2.70. The van der Waals surface area contributed by atoms with Crippen molar-refractivity contribution in [2.24, 2.45) is 5.92 Å². The molecule has 1 atom stereocenters. The fourth-order valence-corrected chi connectivity index (χ4v) is 6.85. The lowest BCUT2D eigenvalue weighted by Crippen LogP contribution is -2.30. The largest absolute Gasteiger partial charge is 0.454 e. The Morgan fingerprint density at radius 3 is 1.97 bits per heavy atom. The number of ether oxygens (including phenoxy) is 1. The summed E-state index contributed by atoms with van der Waals surface area (Å²) in [4.78, 5) is 13.4. The molecule has 31 heavy (non-hydrogen) atoms. The summed E-state index contributed by atoms with van der Waals surface area (Å²) >= 11 is 0. The van der Waals surface area contributed by atoms with Gasteiger partial charge < -0.3 is 4.74 Å². The van der Waals surface area contributed by atoms with Gasteiger partial charge in [0.15, 0.2) is 0 Å². The van der Waals surface area contributed by atoms with Crippen LogP contribution in [-0.4, -0.2) is 12.1 Å². The highest BCUT2D eigenvalue weighted by Crippen LogP contribution is 2.35. The van der Waals surface area contributed by atoms with Gasteiger partial charge in [-0.2, -0.15) is 0 Å². The third-order valence-corrected chi connectivity index (χ3v) is 8.48. The van der Waals surface area contributed by atoms with E-state index in [-0.39, 0.29) is 12.1 Å². The van der Waals surface area contributed by atoms with Crippen LogP contribution in [0.3, 0.4) is 0 Å². The molecular formula is C28H29O2P. The molecule has 0 bridgehead atoms. The van der Waals surface area contributed by atoms with E-state index in [1.165, 1.54) is 29.9 Å². The van der Waals surface area contributed by atoms with Gasteiger partial charge in [0, 0.05) is 0 Å². The van der Waals surface area contributed by atoms with Gasteiger partial charge in [-0.15, -0.1) is 0 Å². The van der Waals surface area contributed by atoms with E-state index in [1.807, 2.05) is 36.4 Å². The smallest absolute Gasteiger partial charge is 0.339 e. The Morgan fingerprint density at radius 2 is 1.39 bits per heavy atom. The number of hydrogen-bond donors (Lipinski definition) is 0. The molecule has 1 fully saturated rings. The highest BCUT2D eigenvalue weighted by molar-refractivity contribution is 7.80. The second-order valence-corrected chi connectivity index (χ2v) is 10.2. The fraction of sp³-hybridized carbons (Fsp3) is 0.250. The van der Waals surface area contributed by atoms with Gasteiger partial charge in [-0.3, -0.25) is 0 Å². The summed E-state index contributed by atoms with van der Waals surface area (Å²) in [5.41, 5.74) is 0.656. The second-order valence-electron chi connectivity index (χ2n) is 8.03. The van der Waals surface area contributed by atoms with Crippen LogP contribution in [0.25, 0.3) is 0 Å². The first-order valence-electron chi connectivity index (χ1n) is 11.1. The van der Waals surface area contributed by atoms with E-state index in [9.17, 15) is 4.79 Å². The van der Waals surface area contributed by atoms with E-state index in [0.717, 1.165) is 18.1 Å². The van der Waals surface area contributed by atoms with E-state index >= 15 is 0 Å². The first kappa shape index (κ1) is 21.5. The van der Waals surface area contributed by atoms with Gasteiger partial charge in [0.1, 0.15) is 6.10 Å². The molecule has 0 N–H and O–H groups in total. The standard InChI is InChI=1S/C28H29O2P/c1-2-26(22-14-6-3-7-15-22)30-28(29)25-20-12-13-21-27(25)31(23-16-8-4-9-17-23)24-18-10-5-11-19-24/h2,4-5,8-13,16-22,26H,1,3,6-7,14-15H2. The van der Waals surface area contributed by atoms with Gasteiger partial charge in [-0.05, 0) is 48.7 Å². The maximum Gasteiger partial charge on any atom is 0.339 e. The molecule has 0 aromatic heterocycles. The highest BCUT2D eigenvalue weighted by Gasteiger charge is 2.28. The predicted octanol–water partition coefficient (Wildman–Crippen LogP) is 5.74. The molecule has 4 rings (SSSR count). The summed E-state index contributed by atoms with van der Waals surface area (Å²) in [5.74, 6) is 0.137. The van der Waals surface area contributed by atoms with Gasteiger partial charge in [-0.1, -0.05) is 111 Å². The Bertz CT molecular complexity index is 954. The molecule has 3 aromatic rings. The predicted molar refractivity (Wildman–Crippen MR) is 131 cm³/mol. The minimum Gasteiger partial charge on any atom is -0.454 e. The lowest BCUT2D eigenvalue weighted by Gasteiger charge is -2.28. The molecule has 1 aliphatic carbocycles. The molecule has 158 valence electrons. The van der Waals surface area contributed by atoms with Crippen LogP contribution >= 0.6 is 7.92 Å². The first-order valence-corrected chi connectivity index (χ1v) is 12.4. The number of carbonyl (C=O) groups is 1. The summed E-state index contributed by atoms with van der Waals surface area (Å²) in [6.45, 7) is 3.96. The summed E-state index contributed by atoms with van der Waals surface area (Å²) in [6.07, 6.45) is 7.48. The summed E-state index contributed by atoms with van der Waals surface area (Å²) in [6, 6.07) is 28.8. The van der Waals surface area contributed by atoms with Crippen molar-refractivity contribution in [2.75, 3.05) is 0 Å². The van der Waals surface area contributed by atoms with Crippen LogP contribution < -0.4 is 15.9 Å². The van der Waals surface area contributed by atoms with Gasteiger partial charge in [0.2, 0.25) is 0 Å². The van der Waals surface area contributed by atoms with Gasteiger partial charge >= 0.3 is 5.97 Å². The lowest BCUT2D eigenvalue weighted by atomic mass is 9.85. The third kappa shape index (κ3) is 5.14. The van der Waals surface area contributed by atoms with Crippen molar-refractivity contribution in [3.8, 4) is 0 Å². The van der Waals surface area contributed by atoms with E-state index in [0.29, 0.717) is 11.5 Å². The number of hydrogen-bond acceptors (Lipinski definition) is 2. The van der Waals surface area contributed by atoms with E-state index < -0.39 is 7.92 Å². The van der Waals surface area contributed by atoms with Crippen molar-refractivity contribution >= 4 is 29.8 Å². The van der Waals surface area contributed by atoms with Crippen LogP contribution in [0.1, 0.15) is 42.5 Å². The topological polar surface area (TPSA) is 26.3 Å². The van der Waals surface area contributed by atoms with Crippen LogP contribution in [-0.2, 0) is 4.74 Å². The van der Waals surface area contributed by atoms with Gasteiger partial charge in [0.25, 0.3) is 0 Å². The van der Waals surface area contributed by atoms with Crippen molar-refractivity contribution in [1.82, 2.24) is 0 Å². The molecule has 0 aliphatic heterocycles. The zero-order valence-corrected chi connectivity index (χ0v) is 18.7. The molecule has 0 saturated heterocycles. The normalized spacial score (nSPS) is 15.4. The van der Waals surface area contributed by atoms with E-state index in [1.54, 1.807) is 0 Å². The Labute approximate surface area is 186 Å². The van der Waals surface area contributed by atoms with Crippen LogP contribution in [0.2, 0.25) is 0 Å². The lowest BCUT2D eigenvalue weighted by molar-refractivity contribution is 0.0229. The average Bonchev–Trinajstić information content (AvgIpc) is 2.85. The number of carbonyl (C=O) groups excluding carboxylic acids is 1. The molecule has 0 heterocycles. The van der Waals surface area contributed by atoms with Crippen LogP contribution in [0, 0.1) is 5.92 Å². The molecular weight excluding hydrogens is 399 g/mol. The molecule has 3 heteroatoms. The number of esters is 1. The molecule has 1 aliphatic rings. The summed E-state index contributed by atoms with van der Waals surface area (Å²) in [5, 5.41) is 3.47. The molecule has 2 nitrogen and oxygen atoms in total. The Morgan fingerprint density at radius 1 is 0.839 bits per heavy atom. The average molecular weight is 429 g/mol. The quantitative estimate of drug-likeness (QED) is 0.273. The minimum absolute atomic E-state index is 0.222. The second kappa shape index (κ2) is 10.6. The Balaban J connectivity index is 1.69. The highest BCUT2D eigenvalue weighted by atomic mass is 31.1. The molecule has 3 aromatic carbocycles. The summed E-state index contributed by atoms with van der Waals surface area (Å²) in [7, 11) is -0.870. The zero-order valence-electron chi connectivity index (χ0n) is 17.8. The molecule has 0 radical (unpaired) electrons. The monoisotopic (exact) mass is 428 g/mol. The van der Waals surface area contributed by atoms with Gasteiger partial charge in [-0.25, -0.2) is 4.79 Å². The van der Waals surface area contributed by atoms with Crippen molar-refractivity contribution in [2.45, 2.75) is 38.2 Å². The summed E-state index contributed by atoms with van der Waals surface area (Å²) < 4.78 is 6.04. The molecule has 0 spiro atoms. The molecule has 0 amide bonds. The molecule has 1 unspecified atom stereocenters. The van der Waals surface area contributed by atoms with Crippen molar-refractivity contribution < 1.29 is 9.53 Å². The molecule has 1 saturated carbocycles. The minimum atomic E-state index is -0.870. The third-order valence-electron chi connectivity index (χ3n) is 5.98. The first-order chi connectivity index (χ1) is 15.3. The fourth-order valence-electron chi connectivity index (χ4n) is 4.41. The van der Waals surface area contributed by atoms with Crippen molar-refractivity contribution in [3.63, 3.8) is 0 Å². The Kier molecular flexibility index (Phi) is 7.33. The van der Waals surface area contributed by atoms with Crippen LogP contribution in [0.15, 0.2) is 97.6 Å². The zero-order chi connectivity index (χ0) is 21.5. The van der Waals surface area contributed by atoms with E-state index in [4.69, 9.17) is 4.74 Å². The van der Waals surface area contributed by atoms with Crippen LogP contribution in [0.5, 0.6) is 0 Å². The van der Waals surface area contributed by atoms with Crippen LogP contribution in [0.4, 0.5) is 0 Å². The maximum absolute atomic E-state index is 13.4. The number of benzene rings is 3. The van der Waals surface area contributed by atoms with E-state index in [2.05, 4.69) is 61.2 Å². The number of rotatable bonds is 7. The van der Waals surface area contributed by atoms with Crippen molar-refractivity contribution in [3.05, 3.63) is 103 Å². The SMILES string of the molecule is C=CC(OC(=O)c1ccccc1P(c1ccccc1)c1ccccc1)C1CCCCC1. The van der Waals surface area contributed by atoms with Gasteiger partial charge in [0.05, 0.1) is 5.56 Å². The van der Waals surface area contributed by atoms with Crippen molar-refractivity contribution in [1.29, 1.82) is 0 Å².